The Kier molecular flexibility index (Phi) is 10.6. The fourth-order valence-corrected chi connectivity index (χ4v) is 4.72. The summed E-state index contributed by atoms with van der Waals surface area (Å²) in [6.07, 6.45) is 7.00. The molecule has 4 rings (SSSR count). The van der Waals surface area contributed by atoms with Crippen molar-refractivity contribution < 1.29 is 33.4 Å². The molecule has 222 valence electrons. The van der Waals surface area contributed by atoms with Crippen molar-refractivity contribution in [2.75, 3.05) is 33.5 Å². The normalized spacial score (nSPS) is 24.8. The van der Waals surface area contributed by atoms with E-state index in [0.717, 1.165) is 31.2 Å². The lowest BCUT2D eigenvalue weighted by molar-refractivity contribution is -0.134. The van der Waals surface area contributed by atoms with Gasteiger partial charge in [0, 0.05) is 32.7 Å². The van der Waals surface area contributed by atoms with Gasteiger partial charge in [-0.15, -0.1) is 0 Å². The molecule has 41 heavy (non-hydrogen) atoms. The largest absolute Gasteiger partial charge is 0.382 e. The summed E-state index contributed by atoms with van der Waals surface area (Å²) in [4.78, 5) is 57.4. The minimum atomic E-state index is -1.12. The number of hydrogen-bond acceptors (Lipinski definition) is 8. The second kappa shape index (κ2) is 14.3. The molecule has 0 aliphatic carbocycles. The molecule has 0 spiro atoms. The number of Topliss-reactive ketones (excluding diaryl/α,β-unsaturated/α-hetero) is 1. The van der Waals surface area contributed by atoms with Crippen LogP contribution in [-0.2, 0) is 41.6 Å². The highest BCUT2D eigenvalue weighted by Gasteiger charge is 2.50. The van der Waals surface area contributed by atoms with Gasteiger partial charge < -0.3 is 34.7 Å². The highest BCUT2D eigenvalue weighted by atomic mass is 16.6. The van der Waals surface area contributed by atoms with Gasteiger partial charge in [0.05, 0.1) is 25.9 Å². The smallest absolute Gasteiger partial charge is 0.288 e. The first-order valence-electron chi connectivity index (χ1n) is 14.0. The average Bonchev–Trinajstić information content (AvgIpc) is 3.54. The van der Waals surface area contributed by atoms with Gasteiger partial charge in [0.2, 0.25) is 11.8 Å². The molecule has 1 aromatic carbocycles. The number of nitrogens with zero attached hydrogens (tertiary/aromatic N) is 2. The minimum absolute atomic E-state index is 0.102. The molecule has 0 unspecified atom stereocenters. The maximum atomic E-state index is 13.6. The number of epoxide rings is 1. The number of aryl methyl sites for hydroxylation is 1. The summed E-state index contributed by atoms with van der Waals surface area (Å²) < 4.78 is 18.1. The van der Waals surface area contributed by atoms with Gasteiger partial charge in [-0.3, -0.25) is 19.2 Å². The topological polar surface area (TPSA) is 153 Å². The molecule has 2 aromatic rings. The molecule has 1 saturated heterocycles. The first-order chi connectivity index (χ1) is 19.8. The van der Waals surface area contributed by atoms with Crippen molar-refractivity contribution in [1.82, 2.24) is 25.5 Å². The van der Waals surface area contributed by atoms with Gasteiger partial charge >= 0.3 is 0 Å². The van der Waals surface area contributed by atoms with Crippen molar-refractivity contribution in [3.05, 3.63) is 54.1 Å². The number of carbonyl (C=O) groups excluding carboxylic acids is 4. The minimum Gasteiger partial charge on any atom is -0.382 e. The number of fused-ring (bicyclic) bond motifs is 1. The third-order valence-electron chi connectivity index (χ3n) is 7.24. The van der Waals surface area contributed by atoms with Crippen molar-refractivity contribution in [2.24, 2.45) is 0 Å². The molecule has 0 radical (unpaired) electrons. The monoisotopic (exact) mass is 569 g/mol. The van der Waals surface area contributed by atoms with Crippen LogP contribution in [0.15, 0.2) is 42.7 Å². The average molecular weight is 570 g/mol. The number of nitrogens with one attached hydrogen (secondary N) is 3. The second-order valence-corrected chi connectivity index (χ2v) is 10.6. The van der Waals surface area contributed by atoms with Crippen molar-refractivity contribution in [3.8, 4) is 0 Å². The van der Waals surface area contributed by atoms with Gasteiger partial charge in [0.25, 0.3) is 5.91 Å². The molecule has 2 aliphatic heterocycles. The highest BCUT2D eigenvalue weighted by molar-refractivity contribution is 5.99. The van der Waals surface area contributed by atoms with E-state index in [1.165, 1.54) is 7.11 Å². The molecule has 1 aromatic heterocycles. The van der Waals surface area contributed by atoms with Gasteiger partial charge in [0.1, 0.15) is 17.7 Å². The van der Waals surface area contributed by atoms with E-state index in [9.17, 15) is 19.2 Å². The number of hydrogen-bond donors (Lipinski definition) is 3. The number of imidazole rings is 1. The number of aromatic nitrogens is 2. The van der Waals surface area contributed by atoms with Gasteiger partial charge in [-0.2, -0.15) is 0 Å². The van der Waals surface area contributed by atoms with E-state index in [1.54, 1.807) is 23.9 Å². The summed E-state index contributed by atoms with van der Waals surface area (Å²) in [7, 11) is 1.41. The molecule has 12 heteroatoms. The van der Waals surface area contributed by atoms with E-state index in [-0.39, 0.29) is 37.8 Å². The van der Waals surface area contributed by atoms with E-state index in [1.807, 2.05) is 30.3 Å². The Balaban J connectivity index is 1.52. The molecule has 3 amide bonds. The van der Waals surface area contributed by atoms with Crippen LogP contribution >= 0.6 is 0 Å². The lowest BCUT2D eigenvalue weighted by atomic mass is 9.94. The molecule has 3 heterocycles. The fraction of sp³-hybridized carbons (Fsp3) is 0.552. The van der Waals surface area contributed by atoms with E-state index in [2.05, 4.69) is 20.9 Å². The number of rotatable bonds is 8. The third-order valence-corrected chi connectivity index (χ3v) is 7.24. The lowest BCUT2D eigenvalue weighted by Gasteiger charge is -2.26. The Morgan fingerprint density at radius 1 is 1.17 bits per heavy atom. The van der Waals surface area contributed by atoms with Crippen molar-refractivity contribution >= 4 is 23.5 Å². The SMILES string of the molecule is COC[C@@H]1NC(=O)c2nccn2CCCCCCOC[C@@H](C(=O)N[C@@H](Cc2ccccc2)C(=O)[C@@]2(C)CO2)NC1=O. The Bertz CT molecular complexity index is 1200. The predicted molar refractivity (Wildman–Crippen MR) is 148 cm³/mol. The van der Waals surface area contributed by atoms with Gasteiger partial charge in [-0.1, -0.05) is 43.2 Å². The molecular weight excluding hydrogens is 530 g/mol. The predicted octanol–water partition coefficient (Wildman–Crippen LogP) is 0.789. The number of methoxy groups -OCH3 is 1. The summed E-state index contributed by atoms with van der Waals surface area (Å²) >= 11 is 0. The lowest BCUT2D eigenvalue weighted by Crippen LogP contribution is -2.59. The zero-order chi connectivity index (χ0) is 29.2. The number of benzene rings is 1. The summed E-state index contributed by atoms with van der Waals surface area (Å²) in [5.41, 5.74) is -0.0816. The molecule has 1 fully saturated rings. The van der Waals surface area contributed by atoms with Gasteiger partial charge in [0.15, 0.2) is 11.6 Å². The molecule has 2 aliphatic rings. The molecule has 12 nitrogen and oxygen atoms in total. The summed E-state index contributed by atoms with van der Waals surface area (Å²) in [6, 6.07) is 6.27. The Morgan fingerprint density at radius 3 is 2.66 bits per heavy atom. The molecule has 0 bridgehead atoms. The molecular formula is C29H39N5O7. The van der Waals surface area contributed by atoms with E-state index >= 15 is 0 Å². The summed E-state index contributed by atoms with van der Waals surface area (Å²) in [6.45, 7) is 2.79. The maximum Gasteiger partial charge on any atom is 0.288 e. The zero-order valence-electron chi connectivity index (χ0n) is 23.6. The van der Waals surface area contributed by atoms with Crippen LogP contribution in [0.5, 0.6) is 0 Å². The zero-order valence-corrected chi connectivity index (χ0v) is 23.6. The van der Waals surface area contributed by atoms with Crippen molar-refractivity contribution in [3.63, 3.8) is 0 Å². The Morgan fingerprint density at radius 2 is 1.93 bits per heavy atom. The van der Waals surface area contributed by atoms with E-state index in [4.69, 9.17) is 14.2 Å². The Hall–Kier alpha value is -3.61. The molecule has 3 N–H and O–H groups in total. The van der Waals surface area contributed by atoms with Gasteiger partial charge in [-0.25, -0.2) is 4.98 Å². The van der Waals surface area contributed by atoms with Crippen LogP contribution in [0.2, 0.25) is 0 Å². The third kappa shape index (κ3) is 8.44. The van der Waals surface area contributed by atoms with Crippen LogP contribution in [0.25, 0.3) is 0 Å². The number of carbonyl (C=O) groups is 4. The van der Waals surface area contributed by atoms with Crippen LogP contribution in [0.1, 0.15) is 48.8 Å². The van der Waals surface area contributed by atoms with E-state index in [0.29, 0.717) is 13.2 Å². The quantitative estimate of drug-likeness (QED) is 0.395. The van der Waals surface area contributed by atoms with Crippen LogP contribution in [0.3, 0.4) is 0 Å². The molecule has 4 atom stereocenters. The second-order valence-electron chi connectivity index (χ2n) is 10.6. The maximum absolute atomic E-state index is 13.6. The first-order valence-corrected chi connectivity index (χ1v) is 14.0. The van der Waals surface area contributed by atoms with Crippen LogP contribution in [0.4, 0.5) is 0 Å². The first kappa shape index (κ1) is 30.4. The number of ether oxygens (including phenoxy) is 3. The van der Waals surface area contributed by atoms with Gasteiger partial charge in [-0.05, 0) is 31.7 Å². The van der Waals surface area contributed by atoms with Crippen LogP contribution < -0.4 is 16.0 Å². The van der Waals surface area contributed by atoms with Crippen LogP contribution in [-0.4, -0.2) is 90.3 Å². The Labute approximate surface area is 239 Å². The standard InChI is InChI=1S/C29H39N5O7/c1-29(19-41-29)24(35)21(16-20-10-6-5-7-11-20)31-27(37)23-18-40-15-9-4-3-8-13-34-14-12-30-25(34)28(38)33-22(17-39-2)26(36)32-23/h5-7,10-12,14,21-23H,3-4,8-9,13,15-19H2,1-2H3,(H,31,37)(H,32,36)(H,33,38)/t21-,22-,23-,29+/m0/s1. The van der Waals surface area contributed by atoms with E-state index < -0.39 is 41.4 Å². The summed E-state index contributed by atoms with van der Waals surface area (Å²) in [5.74, 6) is -1.77. The summed E-state index contributed by atoms with van der Waals surface area (Å²) in [5, 5.41) is 8.19. The number of ketones is 1. The highest BCUT2D eigenvalue weighted by Crippen LogP contribution is 2.29. The molecule has 0 saturated carbocycles. The van der Waals surface area contributed by atoms with Crippen LogP contribution in [0, 0.1) is 0 Å². The number of amides is 3. The fourth-order valence-electron chi connectivity index (χ4n) is 4.72. The van der Waals surface area contributed by atoms with Crippen molar-refractivity contribution in [1.29, 1.82) is 0 Å². The van der Waals surface area contributed by atoms with Crippen molar-refractivity contribution in [2.45, 2.75) is 69.3 Å².